The Hall–Kier alpha value is -3.74. The van der Waals surface area contributed by atoms with Crippen LogP contribution in [0.4, 0.5) is 22.0 Å². The Kier molecular flexibility index (Phi) is 7.05. The van der Waals surface area contributed by atoms with Gasteiger partial charge in [-0.2, -0.15) is 17.9 Å². The number of carboxylic acid groups (broad SMARTS) is 1. The summed E-state index contributed by atoms with van der Waals surface area (Å²) >= 11 is 5.90. The maximum absolute atomic E-state index is 15.0. The van der Waals surface area contributed by atoms with Crippen LogP contribution >= 0.6 is 11.6 Å². The van der Waals surface area contributed by atoms with Crippen molar-refractivity contribution >= 4 is 29.5 Å². The number of alkyl halides is 3. The average Bonchev–Trinajstić information content (AvgIpc) is 3.10. The summed E-state index contributed by atoms with van der Waals surface area (Å²) in [4.78, 5) is 27.7. The molecule has 0 amide bonds. The van der Waals surface area contributed by atoms with Crippen LogP contribution in [-0.2, 0) is 6.54 Å². The van der Waals surface area contributed by atoms with E-state index in [0.29, 0.717) is 21.4 Å². The van der Waals surface area contributed by atoms with Crippen LogP contribution < -0.4 is 10.4 Å². The third-order valence-corrected chi connectivity index (χ3v) is 4.67. The summed E-state index contributed by atoms with van der Waals surface area (Å²) in [6.45, 7) is -0.568. The molecule has 3 rings (SSSR count). The van der Waals surface area contributed by atoms with E-state index in [4.69, 9.17) is 11.6 Å². The van der Waals surface area contributed by atoms with Gasteiger partial charge in [-0.15, -0.1) is 5.10 Å². The lowest BCUT2D eigenvalue weighted by Crippen LogP contribution is -2.25. The first kappa shape index (κ1) is 24.9. The van der Waals surface area contributed by atoms with Crippen LogP contribution in [0.5, 0.6) is 5.75 Å². The topological polar surface area (TPSA) is 99.2 Å². The summed E-state index contributed by atoms with van der Waals surface area (Å²) in [7, 11) is 0. The summed E-state index contributed by atoms with van der Waals surface area (Å²) in [5, 5.41) is 12.8. The normalized spacial score (nSPS) is 12.1. The zero-order chi connectivity index (χ0) is 25.2. The van der Waals surface area contributed by atoms with Gasteiger partial charge < -0.3 is 9.84 Å². The van der Waals surface area contributed by atoms with Gasteiger partial charge in [-0.3, -0.25) is 9.55 Å². The molecule has 0 atom stereocenters. The lowest BCUT2D eigenvalue weighted by Gasteiger charge is -2.14. The average molecular weight is 505 g/mol. The number of ether oxygens (including phenoxy) is 1. The molecule has 0 saturated heterocycles. The van der Waals surface area contributed by atoms with Crippen LogP contribution in [-0.4, -0.2) is 43.2 Å². The fourth-order valence-corrected chi connectivity index (χ4v) is 3.05. The number of nitrogens with zero attached hydrogens (tertiary/aromatic N) is 4. The number of benzene rings is 1. The molecule has 1 aromatic carbocycles. The highest BCUT2D eigenvalue weighted by molar-refractivity contribution is 6.32. The third-order valence-electron chi connectivity index (χ3n) is 4.35. The number of rotatable bonds is 7. The standard InChI is InChI=1S/C20H14ClF5N4O4/c1-2-29-17(18(31)32)28-30(19(29)33)15-8-16(34-9-20(24,25)26)10(6-13(15)23)12(22)7-14-11(21)4-3-5-27-14/h3-8H,2,9H2,1H3,(H,31,32)/b12-7-. The Morgan fingerprint density at radius 3 is 2.59 bits per heavy atom. The molecule has 0 aliphatic rings. The van der Waals surface area contributed by atoms with E-state index < -0.39 is 58.9 Å². The zero-order valence-corrected chi connectivity index (χ0v) is 17.9. The number of carboxylic acids is 1. The molecule has 1 N–H and O–H groups in total. The van der Waals surface area contributed by atoms with Gasteiger partial charge in [0.1, 0.15) is 23.1 Å². The minimum atomic E-state index is -4.83. The molecule has 2 heterocycles. The Bertz CT molecular complexity index is 1330. The van der Waals surface area contributed by atoms with E-state index in [1.807, 2.05) is 0 Å². The second kappa shape index (κ2) is 9.63. The molecule has 0 radical (unpaired) electrons. The summed E-state index contributed by atoms with van der Waals surface area (Å²) < 4.78 is 73.9. The molecule has 14 heteroatoms. The van der Waals surface area contributed by atoms with E-state index in [-0.39, 0.29) is 17.3 Å². The first-order chi connectivity index (χ1) is 15.9. The Morgan fingerprint density at radius 1 is 1.32 bits per heavy atom. The zero-order valence-electron chi connectivity index (χ0n) is 17.1. The second-order valence-corrected chi connectivity index (χ2v) is 7.04. The van der Waals surface area contributed by atoms with Crippen LogP contribution in [0.2, 0.25) is 5.02 Å². The third kappa shape index (κ3) is 5.25. The lowest BCUT2D eigenvalue weighted by atomic mass is 10.1. The minimum absolute atomic E-state index is 0.0189. The van der Waals surface area contributed by atoms with Crippen molar-refractivity contribution in [3.63, 3.8) is 0 Å². The van der Waals surface area contributed by atoms with Crippen LogP contribution in [0.3, 0.4) is 0 Å². The molecule has 0 saturated carbocycles. The van der Waals surface area contributed by atoms with Crippen LogP contribution in [0.15, 0.2) is 35.3 Å². The Morgan fingerprint density at radius 2 is 2.03 bits per heavy atom. The first-order valence-electron chi connectivity index (χ1n) is 9.37. The maximum Gasteiger partial charge on any atom is 0.422 e. The largest absolute Gasteiger partial charge is 0.483 e. The van der Waals surface area contributed by atoms with E-state index in [1.165, 1.54) is 25.3 Å². The molecular weight excluding hydrogens is 491 g/mol. The molecule has 0 spiro atoms. The number of hydrogen-bond acceptors (Lipinski definition) is 5. The van der Waals surface area contributed by atoms with E-state index in [1.54, 1.807) is 0 Å². The SMILES string of the molecule is CCn1c(C(=O)O)nn(-c2cc(OCC(F)(F)F)c(/C(F)=C/c3ncccc3Cl)cc2F)c1=O. The molecule has 34 heavy (non-hydrogen) atoms. The Labute approximate surface area is 192 Å². The highest BCUT2D eigenvalue weighted by atomic mass is 35.5. The van der Waals surface area contributed by atoms with Gasteiger partial charge in [0.25, 0.3) is 0 Å². The number of halogens is 6. The number of pyridine rings is 1. The summed E-state index contributed by atoms with van der Waals surface area (Å²) in [6.07, 6.45) is -2.78. The van der Waals surface area contributed by atoms with Crippen molar-refractivity contribution < 1.29 is 36.6 Å². The predicted octanol–water partition coefficient (Wildman–Crippen LogP) is 4.35. The molecule has 0 aliphatic heterocycles. The molecule has 2 aromatic heterocycles. The molecule has 0 unspecified atom stereocenters. The molecule has 180 valence electrons. The molecule has 8 nitrogen and oxygen atoms in total. The highest BCUT2D eigenvalue weighted by Crippen LogP contribution is 2.34. The van der Waals surface area contributed by atoms with Gasteiger partial charge in [0.2, 0.25) is 5.82 Å². The molecule has 0 aliphatic carbocycles. The number of aromatic carboxylic acids is 1. The monoisotopic (exact) mass is 504 g/mol. The van der Waals surface area contributed by atoms with Crippen molar-refractivity contribution in [1.82, 2.24) is 19.3 Å². The first-order valence-corrected chi connectivity index (χ1v) is 9.75. The van der Waals surface area contributed by atoms with Crippen LogP contribution in [0.1, 0.15) is 28.8 Å². The fourth-order valence-electron chi connectivity index (χ4n) is 2.87. The van der Waals surface area contributed by atoms with Crippen LogP contribution in [0.25, 0.3) is 17.6 Å². The van der Waals surface area contributed by atoms with Gasteiger partial charge in [-0.1, -0.05) is 11.6 Å². The van der Waals surface area contributed by atoms with Crippen molar-refractivity contribution in [2.45, 2.75) is 19.6 Å². The van der Waals surface area contributed by atoms with E-state index in [2.05, 4.69) is 14.8 Å². The molecule has 3 aromatic rings. The van der Waals surface area contributed by atoms with Gasteiger partial charge >= 0.3 is 17.8 Å². The van der Waals surface area contributed by atoms with Crippen molar-refractivity contribution in [3.05, 3.63) is 68.9 Å². The number of aromatic nitrogens is 4. The fraction of sp³-hybridized carbons (Fsp3) is 0.200. The van der Waals surface area contributed by atoms with Crippen molar-refractivity contribution in [3.8, 4) is 11.4 Å². The number of carbonyl (C=O) groups is 1. The Balaban J connectivity index is 2.20. The molecule has 0 bridgehead atoms. The second-order valence-electron chi connectivity index (χ2n) is 6.63. The van der Waals surface area contributed by atoms with Crippen molar-refractivity contribution in [2.75, 3.05) is 6.61 Å². The highest BCUT2D eigenvalue weighted by Gasteiger charge is 2.30. The maximum atomic E-state index is 15.0. The van der Waals surface area contributed by atoms with Crippen LogP contribution in [0, 0.1) is 5.82 Å². The van der Waals surface area contributed by atoms with Crippen molar-refractivity contribution in [2.24, 2.45) is 0 Å². The summed E-state index contributed by atoms with van der Waals surface area (Å²) in [6, 6.07) is 3.95. The van der Waals surface area contributed by atoms with E-state index >= 15 is 0 Å². The van der Waals surface area contributed by atoms with Gasteiger partial charge in [-0.25, -0.2) is 18.4 Å². The lowest BCUT2D eigenvalue weighted by molar-refractivity contribution is -0.153. The number of hydrogen-bond donors (Lipinski definition) is 1. The minimum Gasteiger partial charge on any atom is -0.483 e. The predicted molar refractivity (Wildman–Crippen MR) is 110 cm³/mol. The molecule has 0 fully saturated rings. The van der Waals surface area contributed by atoms with E-state index in [9.17, 15) is 36.6 Å². The van der Waals surface area contributed by atoms with E-state index in [0.717, 1.165) is 6.08 Å². The quantitative estimate of drug-likeness (QED) is 0.480. The van der Waals surface area contributed by atoms with Gasteiger partial charge in [0, 0.05) is 24.9 Å². The van der Waals surface area contributed by atoms with Gasteiger partial charge in [0.15, 0.2) is 6.61 Å². The summed E-state index contributed by atoms with van der Waals surface area (Å²) in [5.41, 5.74) is -2.64. The molecular formula is C20H14ClF5N4O4. The summed E-state index contributed by atoms with van der Waals surface area (Å²) in [5.74, 6) is -5.64. The smallest absolute Gasteiger partial charge is 0.422 e. The van der Waals surface area contributed by atoms with Gasteiger partial charge in [0.05, 0.1) is 16.3 Å². The van der Waals surface area contributed by atoms with Crippen molar-refractivity contribution in [1.29, 1.82) is 0 Å². The van der Waals surface area contributed by atoms with Gasteiger partial charge in [-0.05, 0) is 25.1 Å².